The summed E-state index contributed by atoms with van der Waals surface area (Å²) in [6.45, 7) is 8.69. The molecule has 5 heteroatoms. The van der Waals surface area contributed by atoms with Crippen molar-refractivity contribution in [2.24, 2.45) is 5.92 Å². The number of rotatable bonds is 7. The molecule has 2 aromatic rings. The van der Waals surface area contributed by atoms with E-state index in [-0.39, 0.29) is 18.7 Å². The van der Waals surface area contributed by atoms with Gasteiger partial charge < -0.3 is 10.4 Å². The minimum atomic E-state index is 0.123. The number of pyridine rings is 1. The fourth-order valence-corrected chi connectivity index (χ4v) is 3.68. The van der Waals surface area contributed by atoms with E-state index in [4.69, 9.17) is 0 Å². The summed E-state index contributed by atoms with van der Waals surface area (Å²) in [5, 5.41) is 14.1. The first-order valence-electron chi connectivity index (χ1n) is 7.75. The highest BCUT2D eigenvalue weighted by molar-refractivity contribution is 7.15. The molecule has 2 unspecified atom stereocenters. The smallest absolute Gasteiger partial charge is 0.125 e. The fourth-order valence-electron chi connectivity index (χ4n) is 2.62. The van der Waals surface area contributed by atoms with Crippen LogP contribution in [0.2, 0.25) is 0 Å². The highest BCUT2D eigenvalue weighted by atomic mass is 32.1. The molecule has 4 nitrogen and oxygen atoms in total. The van der Waals surface area contributed by atoms with Gasteiger partial charge in [0.05, 0.1) is 12.3 Å². The number of aliphatic hydroxyl groups excluding tert-OH is 1. The van der Waals surface area contributed by atoms with E-state index in [1.54, 1.807) is 17.5 Å². The summed E-state index contributed by atoms with van der Waals surface area (Å²) in [6.07, 6.45) is 4.58. The Morgan fingerprint density at radius 3 is 2.68 bits per heavy atom. The van der Waals surface area contributed by atoms with Crippen molar-refractivity contribution >= 4 is 11.3 Å². The predicted molar refractivity (Wildman–Crippen MR) is 92.0 cm³/mol. The van der Waals surface area contributed by atoms with Crippen molar-refractivity contribution in [1.29, 1.82) is 0 Å². The Morgan fingerprint density at radius 2 is 2.09 bits per heavy atom. The summed E-state index contributed by atoms with van der Waals surface area (Å²) in [6, 6.07) is 4.26. The van der Waals surface area contributed by atoms with Crippen molar-refractivity contribution in [3.8, 4) is 10.6 Å². The molecule has 0 fully saturated rings. The van der Waals surface area contributed by atoms with Crippen LogP contribution < -0.4 is 5.32 Å². The SMILES string of the molecule is Cc1nc(-c2cccnc2)sc1C(C)NC(CO)CC(C)C. The first-order chi connectivity index (χ1) is 10.5. The number of aromatic nitrogens is 2. The van der Waals surface area contributed by atoms with E-state index >= 15 is 0 Å². The number of aryl methyl sites for hydroxylation is 1. The van der Waals surface area contributed by atoms with E-state index < -0.39 is 0 Å². The molecule has 0 aliphatic heterocycles. The molecule has 2 N–H and O–H groups in total. The molecular formula is C17H25N3OS. The van der Waals surface area contributed by atoms with E-state index in [9.17, 15) is 5.11 Å². The highest BCUT2D eigenvalue weighted by Gasteiger charge is 2.19. The molecule has 0 aliphatic carbocycles. The maximum atomic E-state index is 9.54. The van der Waals surface area contributed by atoms with Gasteiger partial charge in [0.1, 0.15) is 5.01 Å². The molecule has 2 heterocycles. The van der Waals surface area contributed by atoms with Gasteiger partial charge in [-0.25, -0.2) is 4.98 Å². The minimum absolute atomic E-state index is 0.123. The lowest BCUT2D eigenvalue weighted by Crippen LogP contribution is -2.35. The van der Waals surface area contributed by atoms with Crippen molar-refractivity contribution in [2.45, 2.75) is 46.2 Å². The monoisotopic (exact) mass is 319 g/mol. The fraction of sp³-hybridized carbons (Fsp3) is 0.529. The molecule has 2 rings (SSSR count). The Labute approximate surface area is 136 Å². The highest BCUT2D eigenvalue weighted by Crippen LogP contribution is 2.31. The molecule has 2 aromatic heterocycles. The second-order valence-corrected chi connectivity index (χ2v) is 7.14. The van der Waals surface area contributed by atoms with E-state index in [0.29, 0.717) is 5.92 Å². The number of nitrogens with one attached hydrogen (secondary N) is 1. The third-order valence-electron chi connectivity index (χ3n) is 3.60. The largest absolute Gasteiger partial charge is 0.395 e. The summed E-state index contributed by atoms with van der Waals surface area (Å²) < 4.78 is 0. The van der Waals surface area contributed by atoms with Gasteiger partial charge in [0.2, 0.25) is 0 Å². The number of hydrogen-bond donors (Lipinski definition) is 2. The normalized spacial score (nSPS) is 14.3. The molecule has 2 atom stereocenters. The average molecular weight is 319 g/mol. The molecule has 22 heavy (non-hydrogen) atoms. The summed E-state index contributed by atoms with van der Waals surface area (Å²) in [7, 11) is 0. The van der Waals surface area contributed by atoms with E-state index in [1.165, 1.54) is 4.88 Å². The molecule has 0 aliphatic rings. The van der Waals surface area contributed by atoms with Crippen LogP contribution in [0.15, 0.2) is 24.5 Å². The van der Waals surface area contributed by atoms with Crippen molar-refractivity contribution in [3.63, 3.8) is 0 Å². The van der Waals surface area contributed by atoms with Gasteiger partial charge in [0.15, 0.2) is 0 Å². The molecule has 0 aromatic carbocycles. The second-order valence-electron chi connectivity index (χ2n) is 6.11. The van der Waals surface area contributed by atoms with Gasteiger partial charge in [0.25, 0.3) is 0 Å². The second kappa shape index (κ2) is 7.81. The predicted octanol–water partition coefficient (Wildman–Crippen LogP) is 3.57. The van der Waals surface area contributed by atoms with E-state index in [2.05, 4.69) is 36.1 Å². The van der Waals surface area contributed by atoms with Gasteiger partial charge in [-0.1, -0.05) is 13.8 Å². The van der Waals surface area contributed by atoms with Crippen molar-refractivity contribution in [3.05, 3.63) is 35.1 Å². The maximum absolute atomic E-state index is 9.54. The first kappa shape index (κ1) is 17.1. The minimum Gasteiger partial charge on any atom is -0.395 e. The number of aliphatic hydroxyl groups is 1. The van der Waals surface area contributed by atoms with Crippen LogP contribution in [-0.4, -0.2) is 27.7 Å². The van der Waals surface area contributed by atoms with Gasteiger partial charge in [-0.15, -0.1) is 11.3 Å². The van der Waals surface area contributed by atoms with E-state index in [1.807, 2.05) is 25.3 Å². The van der Waals surface area contributed by atoms with Crippen LogP contribution in [0.5, 0.6) is 0 Å². The summed E-state index contributed by atoms with van der Waals surface area (Å²) in [5.41, 5.74) is 2.10. The Balaban J connectivity index is 2.13. The average Bonchev–Trinajstić information content (AvgIpc) is 2.89. The quantitative estimate of drug-likeness (QED) is 0.819. The Kier molecular flexibility index (Phi) is 6.06. The lowest BCUT2D eigenvalue weighted by atomic mass is 10.0. The topological polar surface area (TPSA) is 58.0 Å². The van der Waals surface area contributed by atoms with Gasteiger partial charge >= 0.3 is 0 Å². The lowest BCUT2D eigenvalue weighted by Gasteiger charge is -2.22. The number of nitrogens with zero attached hydrogens (tertiary/aromatic N) is 2. The summed E-state index contributed by atoms with van der Waals surface area (Å²) in [5.74, 6) is 0.561. The molecule has 0 saturated carbocycles. The Morgan fingerprint density at radius 1 is 1.32 bits per heavy atom. The standard InChI is InChI=1S/C17H25N3OS/c1-11(2)8-15(10-21)19-12(3)16-13(4)20-17(22-16)14-6-5-7-18-9-14/h5-7,9,11-12,15,19,21H,8,10H2,1-4H3. The van der Waals surface area contributed by atoms with Gasteiger partial charge in [-0.2, -0.15) is 0 Å². The zero-order valence-corrected chi connectivity index (χ0v) is 14.5. The van der Waals surface area contributed by atoms with Crippen LogP contribution in [0.4, 0.5) is 0 Å². The third-order valence-corrected chi connectivity index (χ3v) is 4.99. The number of thiazole rings is 1. The molecule has 0 bridgehead atoms. The molecule has 0 radical (unpaired) electrons. The van der Waals surface area contributed by atoms with Crippen LogP contribution in [-0.2, 0) is 0 Å². The zero-order valence-electron chi connectivity index (χ0n) is 13.7. The van der Waals surface area contributed by atoms with Gasteiger partial charge in [-0.3, -0.25) is 4.98 Å². The Bertz CT molecular complexity index is 583. The van der Waals surface area contributed by atoms with Gasteiger partial charge in [-0.05, 0) is 38.3 Å². The Hall–Kier alpha value is -1.30. The molecular weight excluding hydrogens is 294 g/mol. The van der Waals surface area contributed by atoms with Gasteiger partial charge in [0, 0.05) is 34.9 Å². The lowest BCUT2D eigenvalue weighted by molar-refractivity contribution is 0.215. The molecule has 0 amide bonds. The molecule has 0 spiro atoms. The third kappa shape index (κ3) is 4.35. The first-order valence-corrected chi connectivity index (χ1v) is 8.57. The molecule has 120 valence electrons. The van der Waals surface area contributed by atoms with Crippen LogP contribution in [0.3, 0.4) is 0 Å². The van der Waals surface area contributed by atoms with Crippen LogP contribution in [0, 0.1) is 12.8 Å². The van der Waals surface area contributed by atoms with Crippen LogP contribution in [0.1, 0.15) is 43.8 Å². The van der Waals surface area contributed by atoms with Crippen molar-refractivity contribution < 1.29 is 5.11 Å². The van der Waals surface area contributed by atoms with Crippen molar-refractivity contribution in [2.75, 3.05) is 6.61 Å². The van der Waals surface area contributed by atoms with Crippen LogP contribution in [0.25, 0.3) is 10.6 Å². The maximum Gasteiger partial charge on any atom is 0.125 e. The molecule has 0 saturated heterocycles. The van der Waals surface area contributed by atoms with Crippen molar-refractivity contribution in [1.82, 2.24) is 15.3 Å². The summed E-state index contributed by atoms with van der Waals surface area (Å²) >= 11 is 1.70. The summed E-state index contributed by atoms with van der Waals surface area (Å²) in [4.78, 5) is 10.1. The number of hydrogen-bond acceptors (Lipinski definition) is 5. The van der Waals surface area contributed by atoms with E-state index in [0.717, 1.165) is 22.7 Å². The zero-order chi connectivity index (χ0) is 16.1. The van der Waals surface area contributed by atoms with Crippen LogP contribution >= 0.6 is 11.3 Å².